The number of hydrogen-bond donors (Lipinski definition) is 1. The first-order chi connectivity index (χ1) is 6.77. The molecule has 0 radical (unpaired) electrons. The average Bonchev–Trinajstić information content (AvgIpc) is 2.61. The summed E-state index contributed by atoms with van der Waals surface area (Å²) < 4.78 is 1.12. The van der Waals surface area contributed by atoms with Gasteiger partial charge in [0.05, 0.1) is 6.61 Å². The molecule has 0 amide bonds. The predicted molar refractivity (Wildman–Crippen MR) is 62.3 cm³/mol. The predicted octanol–water partition coefficient (Wildman–Crippen LogP) is 3.79. The van der Waals surface area contributed by atoms with E-state index in [1.807, 2.05) is 17.5 Å². The van der Waals surface area contributed by atoms with Gasteiger partial charge in [0.25, 0.3) is 0 Å². The van der Waals surface area contributed by atoms with Crippen LogP contribution in [0.25, 0.3) is 10.1 Å². The maximum absolute atomic E-state index is 9.23. The molecule has 4 heteroatoms. The van der Waals surface area contributed by atoms with Crippen LogP contribution in [0, 0.1) is 0 Å². The normalized spacial score (nSPS) is 11.1. The minimum absolute atomic E-state index is 0.0448. The van der Waals surface area contributed by atoms with Gasteiger partial charge in [-0.2, -0.15) is 0 Å². The number of alkyl halides is 1. The molecule has 0 aliphatic heterocycles. The summed E-state index contributed by atoms with van der Waals surface area (Å²) in [6.45, 7) is -0.0448. The SMILES string of the molecule is OCc1c(Cl)ccc2scc(CCl)c12. The van der Waals surface area contributed by atoms with Gasteiger partial charge in [-0.1, -0.05) is 11.6 Å². The van der Waals surface area contributed by atoms with E-state index < -0.39 is 0 Å². The second-order valence-corrected chi connectivity index (χ2v) is 4.54. The standard InChI is InChI=1S/C10H8Cl2OS/c11-3-6-5-14-9-2-1-8(12)7(4-13)10(6)9/h1-2,5,13H,3-4H2. The first kappa shape index (κ1) is 10.2. The summed E-state index contributed by atoms with van der Waals surface area (Å²) in [4.78, 5) is 0. The Labute approximate surface area is 95.9 Å². The number of fused-ring (bicyclic) bond motifs is 1. The van der Waals surface area contributed by atoms with E-state index in [-0.39, 0.29) is 6.61 Å². The Morgan fingerprint density at radius 3 is 2.79 bits per heavy atom. The van der Waals surface area contributed by atoms with Crippen LogP contribution < -0.4 is 0 Å². The molecular formula is C10H8Cl2OS. The minimum Gasteiger partial charge on any atom is -0.392 e. The van der Waals surface area contributed by atoms with Crippen molar-refractivity contribution < 1.29 is 5.11 Å². The lowest BCUT2D eigenvalue weighted by Gasteiger charge is -2.03. The first-order valence-electron chi connectivity index (χ1n) is 4.12. The Morgan fingerprint density at radius 2 is 2.14 bits per heavy atom. The van der Waals surface area contributed by atoms with Crippen LogP contribution in [0.5, 0.6) is 0 Å². The molecule has 1 heterocycles. The fourth-order valence-corrected chi connectivity index (χ4v) is 3.01. The highest BCUT2D eigenvalue weighted by Gasteiger charge is 2.10. The zero-order valence-corrected chi connectivity index (χ0v) is 9.59. The van der Waals surface area contributed by atoms with Gasteiger partial charge in [-0.3, -0.25) is 0 Å². The average molecular weight is 247 g/mol. The second kappa shape index (κ2) is 4.07. The van der Waals surface area contributed by atoms with Crippen molar-refractivity contribution in [2.45, 2.75) is 12.5 Å². The van der Waals surface area contributed by atoms with Crippen LogP contribution in [0.3, 0.4) is 0 Å². The van der Waals surface area contributed by atoms with Crippen molar-refractivity contribution in [3.05, 3.63) is 33.7 Å². The smallest absolute Gasteiger partial charge is 0.0702 e. The van der Waals surface area contributed by atoms with E-state index in [9.17, 15) is 5.11 Å². The van der Waals surface area contributed by atoms with Crippen molar-refractivity contribution in [2.24, 2.45) is 0 Å². The summed E-state index contributed by atoms with van der Waals surface area (Å²) in [6, 6.07) is 3.77. The van der Waals surface area contributed by atoms with Gasteiger partial charge in [-0.25, -0.2) is 0 Å². The van der Waals surface area contributed by atoms with Crippen molar-refractivity contribution in [3.63, 3.8) is 0 Å². The van der Waals surface area contributed by atoms with Crippen LogP contribution >= 0.6 is 34.5 Å². The lowest BCUT2D eigenvalue weighted by atomic mass is 10.1. The fourth-order valence-electron chi connectivity index (χ4n) is 1.50. The molecular weight excluding hydrogens is 239 g/mol. The molecule has 1 aromatic carbocycles. The molecule has 1 nitrogen and oxygen atoms in total. The van der Waals surface area contributed by atoms with E-state index in [1.165, 1.54) is 0 Å². The maximum Gasteiger partial charge on any atom is 0.0702 e. The molecule has 0 spiro atoms. The van der Waals surface area contributed by atoms with E-state index in [0.717, 1.165) is 21.2 Å². The van der Waals surface area contributed by atoms with Gasteiger partial charge in [0, 0.05) is 26.6 Å². The number of aliphatic hydroxyl groups is 1. The Balaban J connectivity index is 2.81. The Morgan fingerprint density at radius 1 is 1.36 bits per heavy atom. The zero-order chi connectivity index (χ0) is 10.1. The van der Waals surface area contributed by atoms with Gasteiger partial charge < -0.3 is 5.11 Å². The number of benzene rings is 1. The molecule has 1 aromatic heterocycles. The highest BCUT2D eigenvalue weighted by molar-refractivity contribution is 7.17. The zero-order valence-electron chi connectivity index (χ0n) is 7.26. The van der Waals surface area contributed by atoms with Crippen LogP contribution in [0.4, 0.5) is 0 Å². The summed E-state index contributed by atoms with van der Waals surface area (Å²) in [5.41, 5.74) is 1.82. The molecule has 0 saturated heterocycles. The molecule has 2 rings (SSSR count). The molecule has 1 N–H and O–H groups in total. The third-order valence-corrected chi connectivity index (χ3v) is 3.81. The van der Waals surface area contributed by atoms with Crippen molar-refractivity contribution in [1.82, 2.24) is 0 Å². The number of aliphatic hydroxyl groups excluding tert-OH is 1. The van der Waals surface area contributed by atoms with Gasteiger partial charge in [0.1, 0.15) is 0 Å². The molecule has 74 valence electrons. The highest BCUT2D eigenvalue weighted by atomic mass is 35.5. The van der Waals surface area contributed by atoms with Crippen LogP contribution in [0.1, 0.15) is 11.1 Å². The summed E-state index contributed by atoms with van der Waals surface area (Å²) in [5.74, 6) is 0.452. The maximum atomic E-state index is 9.23. The van der Waals surface area contributed by atoms with Crippen molar-refractivity contribution in [2.75, 3.05) is 0 Å². The molecule has 0 fully saturated rings. The van der Waals surface area contributed by atoms with Crippen molar-refractivity contribution in [1.29, 1.82) is 0 Å². The van der Waals surface area contributed by atoms with Gasteiger partial charge in [-0.15, -0.1) is 22.9 Å². The lowest BCUT2D eigenvalue weighted by Crippen LogP contribution is -1.87. The molecule has 0 atom stereocenters. The third-order valence-electron chi connectivity index (χ3n) is 2.17. The second-order valence-electron chi connectivity index (χ2n) is 2.95. The molecule has 0 bridgehead atoms. The van der Waals surface area contributed by atoms with Gasteiger partial charge in [0.2, 0.25) is 0 Å². The van der Waals surface area contributed by atoms with E-state index in [4.69, 9.17) is 23.2 Å². The summed E-state index contributed by atoms with van der Waals surface area (Å²) in [5, 5.41) is 12.9. The quantitative estimate of drug-likeness (QED) is 0.800. The minimum atomic E-state index is -0.0448. The Bertz CT molecular complexity index is 464. The van der Waals surface area contributed by atoms with Crippen LogP contribution in [-0.2, 0) is 12.5 Å². The number of rotatable bonds is 2. The summed E-state index contributed by atoms with van der Waals surface area (Å²) in [7, 11) is 0. The topological polar surface area (TPSA) is 20.2 Å². The van der Waals surface area contributed by atoms with Crippen molar-refractivity contribution >= 4 is 44.6 Å². The van der Waals surface area contributed by atoms with Crippen molar-refractivity contribution in [3.8, 4) is 0 Å². The molecule has 0 aliphatic carbocycles. The largest absolute Gasteiger partial charge is 0.392 e. The van der Waals surface area contributed by atoms with E-state index in [1.54, 1.807) is 11.3 Å². The van der Waals surface area contributed by atoms with Gasteiger partial charge in [0.15, 0.2) is 0 Å². The van der Waals surface area contributed by atoms with E-state index in [0.29, 0.717) is 10.9 Å². The summed E-state index contributed by atoms with van der Waals surface area (Å²) >= 11 is 13.4. The summed E-state index contributed by atoms with van der Waals surface area (Å²) in [6.07, 6.45) is 0. The van der Waals surface area contributed by atoms with Crippen LogP contribution in [0.2, 0.25) is 5.02 Å². The Hall–Kier alpha value is -0.280. The highest BCUT2D eigenvalue weighted by Crippen LogP contribution is 2.34. The molecule has 0 unspecified atom stereocenters. The van der Waals surface area contributed by atoms with Crippen LogP contribution in [-0.4, -0.2) is 5.11 Å². The molecule has 0 aliphatic rings. The Kier molecular flexibility index (Phi) is 2.98. The first-order valence-corrected chi connectivity index (χ1v) is 5.91. The van der Waals surface area contributed by atoms with E-state index >= 15 is 0 Å². The number of thiophene rings is 1. The number of hydrogen-bond acceptors (Lipinski definition) is 2. The van der Waals surface area contributed by atoms with Crippen LogP contribution in [0.15, 0.2) is 17.5 Å². The fraction of sp³-hybridized carbons (Fsp3) is 0.200. The monoisotopic (exact) mass is 246 g/mol. The molecule has 2 aromatic rings. The third kappa shape index (κ3) is 1.52. The van der Waals surface area contributed by atoms with Gasteiger partial charge >= 0.3 is 0 Å². The lowest BCUT2D eigenvalue weighted by molar-refractivity contribution is 0.283. The molecule has 14 heavy (non-hydrogen) atoms. The molecule has 0 saturated carbocycles. The number of halogens is 2. The van der Waals surface area contributed by atoms with Gasteiger partial charge in [-0.05, 0) is 23.1 Å². The van der Waals surface area contributed by atoms with E-state index in [2.05, 4.69) is 0 Å².